The highest BCUT2D eigenvalue weighted by Gasteiger charge is 2.29. The summed E-state index contributed by atoms with van der Waals surface area (Å²) in [6, 6.07) is 19.7. The molecular formula is C28H30N4O5S. The van der Waals surface area contributed by atoms with E-state index in [-0.39, 0.29) is 12.5 Å². The molecular weight excluding hydrogens is 504 g/mol. The Kier molecular flexibility index (Phi) is 7.84. The van der Waals surface area contributed by atoms with Crippen LogP contribution in [0, 0.1) is 0 Å². The van der Waals surface area contributed by atoms with Crippen LogP contribution in [-0.4, -0.2) is 52.2 Å². The third-order valence-electron chi connectivity index (χ3n) is 5.75. The molecule has 0 atom stereocenters. The van der Waals surface area contributed by atoms with Crippen molar-refractivity contribution in [3.05, 3.63) is 89.0 Å². The van der Waals surface area contributed by atoms with Gasteiger partial charge in [0, 0.05) is 17.8 Å². The predicted octanol–water partition coefficient (Wildman–Crippen LogP) is 4.23. The first-order valence-corrected chi connectivity index (χ1v) is 13.9. The second-order valence-corrected chi connectivity index (χ2v) is 10.9. The van der Waals surface area contributed by atoms with E-state index in [0.717, 1.165) is 17.4 Å². The number of ether oxygens (including phenoxy) is 1. The molecule has 9 nitrogen and oxygen atoms in total. The van der Waals surface area contributed by atoms with Gasteiger partial charge in [0.2, 0.25) is 10.0 Å². The molecule has 4 rings (SSSR count). The summed E-state index contributed by atoms with van der Waals surface area (Å²) in [6.07, 6.45) is 1.11. The smallest absolute Gasteiger partial charge is 0.338 e. The standard InChI is InChI=1S/C28H30N4O5S/c1-5-37-28(34)19-12-14-22-24(15-19)30-27(33)25(22)26(18-9-7-6-8-10-18)29-21-13-11-20(17-32(2)3)23(16-21)31-38(4,35)36/h6-16,29,31H,5,17H2,1-4H3,(H,30,33). The van der Waals surface area contributed by atoms with Gasteiger partial charge in [-0.25, -0.2) is 13.2 Å². The van der Waals surface area contributed by atoms with Gasteiger partial charge in [-0.15, -0.1) is 0 Å². The summed E-state index contributed by atoms with van der Waals surface area (Å²) in [5.41, 5.74) is 5.01. The van der Waals surface area contributed by atoms with E-state index in [4.69, 9.17) is 4.74 Å². The Bertz CT molecular complexity index is 1520. The molecule has 3 N–H and O–H groups in total. The van der Waals surface area contributed by atoms with Gasteiger partial charge in [0.05, 0.1) is 41.1 Å². The summed E-state index contributed by atoms with van der Waals surface area (Å²) >= 11 is 0. The molecule has 198 valence electrons. The lowest BCUT2D eigenvalue weighted by molar-refractivity contribution is -0.110. The number of esters is 1. The molecule has 1 heterocycles. The van der Waals surface area contributed by atoms with Crippen LogP contribution in [0.2, 0.25) is 0 Å². The molecule has 0 fully saturated rings. The van der Waals surface area contributed by atoms with Crippen molar-refractivity contribution in [2.75, 3.05) is 42.3 Å². The Balaban J connectivity index is 1.82. The Morgan fingerprint density at radius 1 is 1.00 bits per heavy atom. The number of carbonyl (C=O) groups excluding carboxylic acids is 2. The number of anilines is 3. The van der Waals surface area contributed by atoms with E-state index in [1.165, 1.54) is 0 Å². The molecule has 0 saturated heterocycles. The molecule has 0 aliphatic carbocycles. The first-order chi connectivity index (χ1) is 18.1. The minimum Gasteiger partial charge on any atom is -0.462 e. The van der Waals surface area contributed by atoms with Crippen LogP contribution < -0.4 is 15.4 Å². The van der Waals surface area contributed by atoms with E-state index in [9.17, 15) is 18.0 Å². The largest absolute Gasteiger partial charge is 0.462 e. The SMILES string of the molecule is CCOC(=O)c1ccc2c(c1)NC(=O)C2=C(Nc1ccc(CN(C)C)c(NS(C)(=O)=O)c1)c1ccccc1. The summed E-state index contributed by atoms with van der Waals surface area (Å²) in [5, 5.41) is 6.20. The molecule has 0 radical (unpaired) electrons. The first kappa shape index (κ1) is 26.9. The zero-order valence-electron chi connectivity index (χ0n) is 21.7. The Morgan fingerprint density at radius 2 is 1.74 bits per heavy atom. The van der Waals surface area contributed by atoms with Crippen LogP contribution in [-0.2, 0) is 26.1 Å². The number of sulfonamides is 1. The van der Waals surface area contributed by atoms with Crippen molar-refractivity contribution in [1.82, 2.24) is 4.90 Å². The van der Waals surface area contributed by atoms with Gasteiger partial charge in [0.15, 0.2) is 0 Å². The number of carbonyl (C=O) groups is 2. The van der Waals surface area contributed by atoms with Gasteiger partial charge in [-0.05, 0) is 56.4 Å². The molecule has 1 aliphatic rings. The lowest BCUT2D eigenvalue weighted by Gasteiger charge is -2.19. The van der Waals surface area contributed by atoms with Gasteiger partial charge in [-0.1, -0.05) is 42.5 Å². The van der Waals surface area contributed by atoms with Crippen molar-refractivity contribution in [2.24, 2.45) is 0 Å². The Labute approximate surface area is 222 Å². The molecule has 3 aromatic rings. The second-order valence-electron chi connectivity index (χ2n) is 9.16. The average molecular weight is 535 g/mol. The number of benzene rings is 3. The summed E-state index contributed by atoms with van der Waals surface area (Å²) in [7, 11) is 0.278. The van der Waals surface area contributed by atoms with Crippen molar-refractivity contribution in [1.29, 1.82) is 0 Å². The number of nitrogens with one attached hydrogen (secondary N) is 3. The topological polar surface area (TPSA) is 117 Å². The summed E-state index contributed by atoms with van der Waals surface area (Å²) in [5.74, 6) is -0.793. The van der Waals surface area contributed by atoms with Gasteiger partial charge < -0.3 is 20.3 Å². The van der Waals surface area contributed by atoms with Crippen LogP contribution in [0.4, 0.5) is 17.1 Å². The van der Waals surface area contributed by atoms with Crippen molar-refractivity contribution >= 4 is 50.2 Å². The Hall–Kier alpha value is -4.15. The predicted molar refractivity (Wildman–Crippen MR) is 150 cm³/mol. The summed E-state index contributed by atoms with van der Waals surface area (Å²) in [6.45, 7) is 2.51. The minimum absolute atomic E-state index is 0.249. The van der Waals surface area contributed by atoms with Gasteiger partial charge in [-0.3, -0.25) is 9.52 Å². The highest BCUT2D eigenvalue weighted by Crippen LogP contribution is 2.38. The third-order valence-corrected chi connectivity index (χ3v) is 6.34. The average Bonchev–Trinajstić information content (AvgIpc) is 3.18. The molecule has 3 aromatic carbocycles. The van der Waals surface area contributed by atoms with Crippen LogP contribution in [0.3, 0.4) is 0 Å². The lowest BCUT2D eigenvalue weighted by atomic mass is 9.99. The summed E-state index contributed by atoms with van der Waals surface area (Å²) < 4.78 is 31.8. The molecule has 0 aromatic heterocycles. The molecule has 1 aliphatic heterocycles. The van der Waals surface area contributed by atoms with Crippen LogP contribution in [0.5, 0.6) is 0 Å². The van der Waals surface area contributed by atoms with Crippen molar-refractivity contribution < 1.29 is 22.7 Å². The fourth-order valence-corrected chi connectivity index (χ4v) is 4.81. The van der Waals surface area contributed by atoms with Crippen molar-refractivity contribution in [3.8, 4) is 0 Å². The fraction of sp³-hybridized carbons (Fsp3) is 0.214. The third kappa shape index (κ3) is 6.21. The monoisotopic (exact) mass is 534 g/mol. The number of hydrogen-bond donors (Lipinski definition) is 3. The molecule has 0 unspecified atom stereocenters. The zero-order valence-corrected chi connectivity index (χ0v) is 22.5. The van der Waals surface area contributed by atoms with E-state index in [1.807, 2.05) is 61.5 Å². The van der Waals surface area contributed by atoms with Crippen molar-refractivity contribution in [3.63, 3.8) is 0 Å². The maximum atomic E-state index is 13.3. The van der Waals surface area contributed by atoms with E-state index >= 15 is 0 Å². The lowest BCUT2D eigenvalue weighted by Crippen LogP contribution is -2.16. The maximum Gasteiger partial charge on any atom is 0.338 e. The van der Waals surface area contributed by atoms with Crippen molar-refractivity contribution in [2.45, 2.75) is 13.5 Å². The number of hydrogen-bond acceptors (Lipinski definition) is 7. The van der Waals surface area contributed by atoms with E-state index in [1.54, 1.807) is 31.2 Å². The molecule has 10 heteroatoms. The van der Waals surface area contributed by atoms with Gasteiger partial charge in [0.1, 0.15) is 0 Å². The minimum atomic E-state index is -3.52. The quantitative estimate of drug-likeness (QED) is 0.278. The van der Waals surface area contributed by atoms with Crippen LogP contribution in [0.15, 0.2) is 66.7 Å². The highest BCUT2D eigenvalue weighted by molar-refractivity contribution is 7.92. The molecule has 1 amide bonds. The molecule has 0 saturated carbocycles. The number of fused-ring (bicyclic) bond motifs is 1. The van der Waals surface area contributed by atoms with E-state index in [0.29, 0.717) is 46.0 Å². The Morgan fingerprint density at radius 3 is 2.39 bits per heavy atom. The van der Waals surface area contributed by atoms with Crippen LogP contribution >= 0.6 is 0 Å². The van der Waals surface area contributed by atoms with E-state index in [2.05, 4.69) is 15.4 Å². The summed E-state index contributed by atoms with van der Waals surface area (Å²) in [4.78, 5) is 27.4. The number of rotatable bonds is 9. The fourth-order valence-electron chi connectivity index (χ4n) is 4.22. The van der Waals surface area contributed by atoms with Gasteiger partial charge >= 0.3 is 5.97 Å². The maximum absolute atomic E-state index is 13.3. The van der Waals surface area contributed by atoms with E-state index < -0.39 is 16.0 Å². The van der Waals surface area contributed by atoms with Gasteiger partial charge in [-0.2, -0.15) is 0 Å². The first-order valence-electron chi connectivity index (χ1n) is 12.0. The zero-order chi connectivity index (χ0) is 27.4. The number of amides is 1. The van der Waals surface area contributed by atoms with Gasteiger partial charge in [0.25, 0.3) is 5.91 Å². The van der Waals surface area contributed by atoms with Crippen LogP contribution in [0.1, 0.15) is 34.0 Å². The number of nitrogens with zero attached hydrogens (tertiary/aromatic N) is 1. The molecule has 0 bridgehead atoms. The second kappa shape index (κ2) is 11.1. The van der Waals surface area contributed by atoms with Crippen LogP contribution in [0.25, 0.3) is 11.3 Å². The molecule has 0 spiro atoms. The normalized spacial score (nSPS) is 14.1. The highest BCUT2D eigenvalue weighted by atomic mass is 32.2. The molecule has 38 heavy (non-hydrogen) atoms.